The number of rotatable bonds is 57. The monoisotopic (exact) mass is 1570 g/mol. The third-order valence-electron chi connectivity index (χ3n) is 21.8. The molecule has 1 saturated carbocycles. The van der Waals surface area contributed by atoms with Crippen molar-refractivity contribution in [2.75, 3.05) is 142 Å². The zero-order valence-electron chi connectivity index (χ0n) is 65.7. The summed E-state index contributed by atoms with van der Waals surface area (Å²) in [4.78, 5) is 92.8. The van der Waals surface area contributed by atoms with E-state index in [0.29, 0.717) is 6.42 Å². The van der Waals surface area contributed by atoms with Crippen LogP contribution in [0.25, 0.3) is 0 Å². The van der Waals surface area contributed by atoms with Crippen molar-refractivity contribution in [3.63, 3.8) is 0 Å². The van der Waals surface area contributed by atoms with Gasteiger partial charge < -0.3 is 103 Å². The highest BCUT2D eigenvalue weighted by Gasteiger charge is 2.58. The van der Waals surface area contributed by atoms with Crippen LogP contribution in [0, 0.1) is 38.4 Å². The highest BCUT2D eigenvalue weighted by Crippen LogP contribution is 2.54. The molecule has 3 rings (SSSR count). The lowest BCUT2D eigenvalue weighted by Gasteiger charge is -2.45. The molecule has 1 heterocycles. The second kappa shape index (κ2) is 43.8. The lowest BCUT2D eigenvalue weighted by molar-refractivity contribution is -0.174. The van der Waals surface area contributed by atoms with Crippen LogP contribution in [0.2, 0.25) is 30.2 Å². The van der Waals surface area contributed by atoms with Gasteiger partial charge >= 0.3 is 78.6 Å². The van der Waals surface area contributed by atoms with Crippen molar-refractivity contribution < 1.29 is 132 Å². The molecule has 1 aliphatic carbocycles. The average molecular weight is 1570 g/mol. The van der Waals surface area contributed by atoms with Crippen molar-refractivity contribution in [3.8, 4) is 0 Å². The topological polar surface area (TPSA) is 364 Å². The summed E-state index contributed by atoms with van der Waals surface area (Å²) in [6, 6.07) is 10.5. The number of esters is 6. The van der Waals surface area contributed by atoms with E-state index in [0.717, 1.165) is 24.8 Å². The Morgan fingerprint density at radius 1 is 0.404 bits per heavy atom. The Morgan fingerprint density at radius 3 is 1.02 bits per heavy atom. The molecular weight excluding hydrogens is 1440 g/mol. The standard InChI is InChI=1S/C71H130O28Si5/c1-19-67(4,61(78)98-45-55-30-31-58-59(42-55)99-58)43-57(56-28-21-20-22-29-56)44-68(5,62(79)94-33-24-38-101(51-73,85-11)86-12)47-70(7,64(81)96-35-26-40-103(53-75,89-15)90-16)49-71(8,65(82)97-36-27-41-104(54-76,91-17)92-18)48-69(6,63(80)95-34-25-39-102(52-74,87-13)88-14)46-66(2,3)60(77)93-32-23-37-100(50-72,83-9)84-10/h20-22,28-29,55,57-59,72-76H,19,23-27,30-54H2,1-18H3. The van der Waals surface area contributed by atoms with E-state index in [4.69, 9.17) is 77.4 Å². The Labute approximate surface area is 623 Å². The van der Waals surface area contributed by atoms with Crippen LogP contribution in [-0.4, -0.2) is 258 Å². The minimum absolute atomic E-state index is 0.0634. The number of fused-ring (bicyclic) bond motifs is 1. The second-order valence-electron chi connectivity index (χ2n) is 30.3. The third-order valence-corrected chi connectivity index (χ3v) is 37.2. The van der Waals surface area contributed by atoms with Crippen LogP contribution in [0.15, 0.2) is 30.3 Å². The molecule has 1 aromatic carbocycles. The first-order valence-electron chi connectivity index (χ1n) is 36.4. The van der Waals surface area contributed by atoms with Crippen molar-refractivity contribution in [1.29, 1.82) is 0 Å². The number of aliphatic hydroxyl groups is 5. The van der Waals surface area contributed by atoms with E-state index in [1.54, 1.807) is 41.5 Å². The number of aliphatic hydroxyl groups excluding tert-OH is 5. The normalized spacial score (nSPS) is 19.2. The predicted molar refractivity (Wildman–Crippen MR) is 395 cm³/mol. The molecule has 104 heavy (non-hydrogen) atoms. The minimum atomic E-state index is -3.19. The number of carbonyl (C=O) groups excluding carboxylic acids is 6. The maximum atomic E-state index is 16.1. The fraction of sp³-hybridized carbons (Fsp3) is 0.831. The summed E-state index contributed by atoms with van der Waals surface area (Å²) < 4.78 is 99.6. The summed E-state index contributed by atoms with van der Waals surface area (Å²) in [5.74, 6) is -5.01. The van der Waals surface area contributed by atoms with Crippen molar-refractivity contribution in [1.82, 2.24) is 0 Å². The van der Waals surface area contributed by atoms with E-state index < -0.39 is 155 Å². The molecule has 0 aromatic heterocycles. The summed E-state index contributed by atoms with van der Waals surface area (Å²) in [5, 5.41) is 51.8. The second-order valence-corrected chi connectivity index (χ2v) is 47.6. The van der Waals surface area contributed by atoms with E-state index in [9.17, 15) is 35.1 Å². The highest BCUT2D eigenvalue weighted by molar-refractivity contribution is 6.68. The SMILES string of the molecule is CCC(C)(CC(CC(C)(CC(C)(CC(C)(CC(C)(CC(C)(C)C(=O)OCCC[Si](CO)(OC)OC)C(=O)OCCC[Si](CO)(OC)OC)C(=O)OCCC[Si](CO)(OC)OC)C(=O)OCCC[Si](CO)(OC)OC)C(=O)OCCC[Si](CO)(OC)OC)c1ccccc1)C(=O)OCC1CCC2OC2C1. The zero-order valence-corrected chi connectivity index (χ0v) is 70.7. The van der Waals surface area contributed by atoms with Crippen molar-refractivity contribution in [3.05, 3.63) is 35.9 Å². The van der Waals surface area contributed by atoms with Crippen molar-refractivity contribution in [2.45, 2.75) is 200 Å². The molecule has 0 radical (unpaired) electrons. The molecule has 9 atom stereocenters. The van der Waals surface area contributed by atoms with E-state index in [1.165, 1.54) is 71.1 Å². The van der Waals surface area contributed by atoms with Gasteiger partial charge in [-0.3, -0.25) is 28.8 Å². The van der Waals surface area contributed by atoms with Crippen LogP contribution < -0.4 is 0 Å². The van der Waals surface area contributed by atoms with Gasteiger partial charge in [0.05, 0.1) is 115 Å². The Hall–Kier alpha value is -3.52. The zero-order chi connectivity index (χ0) is 78.3. The van der Waals surface area contributed by atoms with Gasteiger partial charge in [0.1, 0.15) is 0 Å². The van der Waals surface area contributed by atoms with Gasteiger partial charge in [-0.2, -0.15) is 0 Å². The Morgan fingerprint density at radius 2 is 0.702 bits per heavy atom. The number of hydrogen-bond donors (Lipinski definition) is 5. The van der Waals surface area contributed by atoms with Gasteiger partial charge in [0.2, 0.25) is 0 Å². The summed E-state index contributed by atoms with van der Waals surface area (Å²) in [6.45, 7) is 12.5. The van der Waals surface area contributed by atoms with Gasteiger partial charge in [0.15, 0.2) is 0 Å². The van der Waals surface area contributed by atoms with E-state index in [-0.39, 0.29) is 152 Å². The van der Waals surface area contributed by atoms with Crippen molar-refractivity contribution >= 4 is 78.6 Å². The largest absolute Gasteiger partial charge is 0.465 e. The molecule has 5 N–H and O–H groups in total. The average Bonchev–Trinajstić information content (AvgIpc) is 1.03. The van der Waals surface area contributed by atoms with Crippen LogP contribution in [0.3, 0.4) is 0 Å². The number of ether oxygens (including phenoxy) is 7. The molecule has 0 bridgehead atoms. The molecule has 0 amide bonds. The third kappa shape index (κ3) is 26.9. The first-order chi connectivity index (χ1) is 49.1. The molecule has 33 heteroatoms. The Bertz CT molecular complexity index is 2700. The number of hydrogen-bond acceptors (Lipinski definition) is 28. The molecule has 1 aromatic rings. The Kier molecular flexibility index (Phi) is 39.8. The van der Waals surface area contributed by atoms with Crippen LogP contribution in [0.1, 0.15) is 163 Å². The smallest absolute Gasteiger partial charge is 0.364 e. The highest BCUT2D eigenvalue weighted by atomic mass is 28.4. The van der Waals surface area contributed by atoms with Gasteiger partial charge in [0, 0.05) is 71.1 Å². The molecule has 28 nitrogen and oxygen atoms in total. The number of epoxide rings is 1. The quantitative estimate of drug-likeness (QED) is 0.0137. The Balaban J connectivity index is 2.48. The van der Waals surface area contributed by atoms with Crippen molar-refractivity contribution in [2.24, 2.45) is 38.4 Å². The van der Waals surface area contributed by atoms with E-state index in [2.05, 4.69) is 0 Å². The van der Waals surface area contributed by atoms with Crippen LogP contribution in [-0.2, 0) is 106 Å². The van der Waals surface area contributed by atoms with Gasteiger partial charge in [-0.1, -0.05) is 37.3 Å². The molecule has 2 fully saturated rings. The van der Waals surface area contributed by atoms with Gasteiger partial charge in [-0.15, -0.1) is 0 Å². The molecule has 9 unspecified atom stereocenters. The fourth-order valence-electron chi connectivity index (χ4n) is 14.9. The maximum Gasteiger partial charge on any atom is 0.364 e. The van der Waals surface area contributed by atoms with Gasteiger partial charge in [-0.05, 0) is 192 Å². The van der Waals surface area contributed by atoms with Crippen LogP contribution in [0.5, 0.6) is 0 Å². The fourth-order valence-corrected chi connectivity index (χ4v) is 23.3. The maximum absolute atomic E-state index is 16.1. The molecule has 1 aliphatic heterocycles. The van der Waals surface area contributed by atoms with Crippen LogP contribution >= 0.6 is 0 Å². The lowest BCUT2D eigenvalue weighted by Crippen LogP contribution is -2.49. The first kappa shape index (κ1) is 94.7. The van der Waals surface area contributed by atoms with Gasteiger partial charge in [0.25, 0.3) is 0 Å². The summed E-state index contributed by atoms with van der Waals surface area (Å²) in [7, 11) is -1.39. The molecule has 1 saturated heterocycles. The lowest BCUT2D eigenvalue weighted by atomic mass is 9.58. The minimum Gasteiger partial charge on any atom is -0.465 e. The first-order valence-corrected chi connectivity index (χ1v) is 47.5. The van der Waals surface area contributed by atoms with E-state index >= 15 is 19.2 Å². The molecule has 602 valence electrons. The summed E-state index contributed by atoms with van der Waals surface area (Å²) in [6.07, 6.45) is 0.658. The summed E-state index contributed by atoms with van der Waals surface area (Å²) >= 11 is 0. The number of benzene rings is 1. The van der Waals surface area contributed by atoms with Crippen LogP contribution in [0.4, 0.5) is 0 Å². The number of carbonyl (C=O) groups is 6. The van der Waals surface area contributed by atoms with E-state index in [1.807, 2.05) is 44.2 Å². The molecular formula is C71H130O28Si5. The summed E-state index contributed by atoms with van der Waals surface area (Å²) in [5.41, 5.74) is -9.43. The van der Waals surface area contributed by atoms with Gasteiger partial charge in [-0.25, -0.2) is 0 Å². The molecule has 2 aliphatic rings. The predicted octanol–water partition coefficient (Wildman–Crippen LogP) is 7.69. The molecule has 0 spiro atoms.